The molecule has 31 heavy (non-hydrogen) atoms. The van der Waals surface area contributed by atoms with Gasteiger partial charge in [0, 0.05) is 51.4 Å². The molecule has 0 saturated heterocycles. The van der Waals surface area contributed by atoms with Gasteiger partial charge in [0.25, 0.3) is 10.1 Å². The van der Waals surface area contributed by atoms with Gasteiger partial charge in [0.15, 0.2) is 5.25 Å². The van der Waals surface area contributed by atoms with E-state index >= 15 is 0 Å². The van der Waals surface area contributed by atoms with Crippen LogP contribution in [0.4, 0.5) is 0 Å². The Morgan fingerprint density at radius 3 is 1.52 bits per heavy atom. The summed E-state index contributed by atoms with van der Waals surface area (Å²) in [6.45, 7) is 11.8. The number of carbonyl (C=O) groups is 2. The molecule has 0 fully saturated rings. The van der Waals surface area contributed by atoms with E-state index in [1.165, 1.54) is 0 Å². The van der Waals surface area contributed by atoms with E-state index in [0.29, 0.717) is 24.7 Å². The minimum absolute atomic E-state index is 0. The molecule has 0 aromatic rings. The van der Waals surface area contributed by atoms with Crippen LogP contribution in [0.5, 0.6) is 0 Å². The Hall–Kier alpha value is 0.486. The quantitative estimate of drug-likeness (QED) is 0.192. The average molecular weight is 490 g/mol. The maximum atomic E-state index is 12.3. The molecule has 0 amide bonds. The summed E-state index contributed by atoms with van der Waals surface area (Å²) in [6.07, 6.45) is 5.48. The minimum atomic E-state index is -4.79. The fourth-order valence-electron chi connectivity index (χ4n) is 3.46. The molecule has 0 aromatic heterocycles. The summed E-state index contributed by atoms with van der Waals surface area (Å²) in [7, 11) is -4.79. The van der Waals surface area contributed by atoms with E-state index in [-0.39, 0.29) is 51.4 Å². The van der Waals surface area contributed by atoms with Crippen molar-refractivity contribution in [2.24, 2.45) is 11.8 Å². The van der Waals surface area contributed by atoms with E-state index in [4.69, 9.17) is 9.47 Å². The molecule has 0 bridgehead atoms. The Morgan fingerprint density at radius 2 is 1.16 bits per heavy atom. The minimum Gasteiger partial charge on any atom is -0.463 e. The van der Waals surface area contributed by atoms with Crippen LogP contribution in [-0.2, 0) is 29.2 Å². The van der Waals surface area contributed by atoms with Crippen molar-refractivity contribution in [2.45, 2.75) is 117 Å². The standard InChI is InChI=1S/C22H42O7S.K/c1-7-18(8-2)13-11-16(5)28-21(23)15-20(30(25,26)27)22(24)29-17(6)12-14-19(9-3)10-4;/h16-20H,7-15H2,1-6H3,(H,25,26,27);. The van der Waals surface area contributed by atoms with Crippen LogP contribution in [-0.4, -0.2) is 93.8 Å². The summed E-state index contributed by atoms with van der Waals surface area (Å²) in [5.41, 5.74) is 0. The molecule has 0 spiro atoms. The van der Waals surface area contributed by atoms with Crippen LogP contribution in [0.1, 0.15) is 99.3 Å². The zero-order valence-corrected chi connectivity index (χ0v) is 24.5. The van der Waals surface area contributed by atoms with Gasteiger partial charge in [-0.05, 0) is 51.4 Å². The monoisotopic (exact) mass is 489 g/mol. The Morgan fingerprint density at radius 1 is 0.774 bits per heavy atom. The molecule has 0 aliphatic carbocycles. The van der Waals surface area contributed by atoms with Gasteiger partial charge >= 0.3 is 11.9 Å². The molecular weight excluding hydrogens is 447 g/mol. The van der Waals surface area contributed by atoms with Gasteiger partial charge in [-0.2, -0.15) is 8.42 Å². The molecule has 1 N–H and O–H groups in total. The first kappa shape index (κ1) is 33.7. The second kappa shape index (κ2) is 17.9. The summed E-state index contributed by atoms with van der Waals surface area (Å²) in [5, 5.41) is -1.97. The van der Waals surface area contributed by atoms with Crippen molar-refractivity contribution in [3.8, 4) is 0 Å². The van der Waals surface area contributed by atoms with E-state index in [1.807, 2.05) is 0 Å². The first-order valence-electron chi connectivity index (χ1n) is 11.3. The topological polar surface area (TPSA) is 107 Å². The summed E-state index contributed by atoms with van der Waals surface area (Å²) in [5.74, 6) is -0.888. The van der Waals surface area contributed by atoms with Crippen molar-refractivity contribution >= 4 is 73.4 Å². The second-order valence-electron chi connectivity index (χ2n) is 8.28. The third-order valence-corrected chi connectivity index (χ3v) is 6.97. The maximum absolute atomic E-state index is 12.3. The molecule has 0 saturated carbocycles. The van der Waals surface area contributed by atoms with E-state index < -0.39 is 45.9 Å². The van der Waals surface area contributed by atoms with Crippen LogP contribution in [0.3, 0.4) is 0 Å². The zero-order chi connectivity index (χ0) is 23.3. The van der Waals surface area contributed by atoms with Crippen LogP contribution in [0.15, 0.2) is 0 Å². The SMILES string of the molecule is CCC(CC)CCC(C)OC(=O)CC(C(=O)OC(C)CCC(CC)CC)S(=O)(=O)O.[K]. The number of rotatable bonds is 16. The van der Waals surface area contributed by atoms with E-state index in [2.05, 4.69) is 27.7 Å². The zero-order valence-electron chi connectivity index (χ0n) is 20.6. The third-order valence-electron chi connectivity index (χ3n) is 5.90. The molecule has 0 heterocycles. The molecule has 1 radical (unpaired) electrons. The average Bonchev–Trinajstić information content (AvgIpc) is 2.66. The van der Waals surface area contributed by atoms with Gasteiger partial charge in [-0.1, -0.05) is 53.4 Å². The number of esters is 2. The summed E-state index contributed by atoms with van der Waals surface area (Å²) in [6, 6.07) is 0. The van der Waals surface area contributed by atoms with E-state index in [9.17, 15) is 22.6 Å². The van der Waals surface area contributed by atoms with Crippen molar-refractivity contribution < 1.29 is 32.0 Å². The van der Waals surface area contributed by atoms with Crippen LogP contribution in [0, 0.1) is 11.8 Å². The van der Waals surface area contributed by atoms with Gasteiger partial charge in [0.2, 0.25) is 0 Å². The molecule has 0 aliphatic rings. The first-order valence-corrected chi connectivity index (χ1v) is 12.8. The van der Waals surface area contributed by atoms with Gasteiger partial charge in [-0.3, -0.25) is 14.1 Å². The first-order chi connectivity index (χ1) is 14.0. The van der Waals surface area contributed by atoms with Gasteiger partial charge in [0.05, 0.1) is 18.6 Å². The van der Waals surface area contributed by atoms with Gasteiger partial charge < -0.3 is 9.47 Å². The molecule has 3 unspecified atom stereocenters. The van der Waals surface area contributed by atoms with Gasteiger partial charge in [0.1, 0.15) is 0 Å². The van der Waals surface area contributed by atoms with Crippen molar-refractivity contribution in [1.82, 2.24) is 0 Å². The van der Waals surface area contributed by atoms with Crippen LogP contribution < -0.4 is 0 Å². The molecule has 179 valence electrons. The molecule has 0 aromatic carbocycles. The van der Waals surface area contributed by atoms with Crippen molar-refractivity contribution in [1.29, 1.82) is 0 Å². The van der Waals surface area contributed by atoms with Crippen LogP contribution in [0.2, 0.25) is 0 Å². The normalized spacial score (nSPS) is 14.6. The maximum Gasteiger partial charge on any atom is 0.327 e. The molecule has 7 nitrogen and oxygen atoms in total. The molecule has 9 heteroatoms. The fraction of sp³-hybridized carbons (Fsp3) is 0.909. The number of hydrogen-bond acceptors (Lipinski definition) is 6. The summed E-state index contributed by atoms with van der Waals surface area (Å²) >= 11 is 0. The third kappa shape index (κ3) is 15.1. The van der Waals surface area contributed by atoms with Crippen LogP contribution >= 0.6 is 0 Å². The van der Waals surface area contributed by atoms with Crippen LogP contribution in [0.25, 0.3) is 0 Å². The Balaban J connectivity index is 0. The number of hydrogen-bond donors (Lipinski definition) is 1. The summed E-state index contributed by atoms with van der Waals surface area (Å²) < 4.78 is 43.3. The molecule has 0 rings (SSSR count). The molecular formula is C22H42KO7S. The Labute approximate surface area is 232 Å². The Bertz CT molecular complexity index is 601. The largest absolute Gasteiger partial charge is 0.463 e. The van der Waals surface area contributed by atoms with Gasteiger partial charge in [-0.15, -0.1) is 0 Å². The summed E-state index contributed by atoms with van der Waals surface area (Å²) in [4.78, 5) is 24.5. The van der Waals surface area contributed by atoms with Gasteiger partial charge in [-0.25, -0.2) is 0 Å². The smallest absolute Gasteiger partial charge is 0.327 e. The van der Waals surface area contributed by atoms with E-state index in [1.54, 1.807) is 13.8 Å². The second-order valence-corrected chi connectivity index (χ2v) is 9.87. The predicted octanol–water partition coefficient (Wildman–Crippen LogP) is 4.55. The van der Waals surface area contributed by atoms with Crippen molar-refractivity contribution in [2.75, 3.05) is 0 Å². The number of ether oxygens (including phenoxy) is 2. The number of carbonyl (C=O) groups excluding carboxylic acids is 2. The Kier molecular flexibility index (Phi) is 19.4. The molecule has 3 atom stereocenters. The predicted molar refractivity (Wildman–Crippen MR) is 123 cm³/mol. The van der Waals surface area contributed by atoms with Crippen molar-refractivity contribution in [3.05, 3.63) is 0 Å². The fourth-order valence-corrected chi connectivity index (χ4v) is 4.11. The molecule has 0 aliphatic heterocycles. The van der Waals surface area contributed by atoms with E-state index in [0.717, 1.165) is 38.5 Å². The van der Waals surface area contributed by atoms with Crippen molar-refractivity contribution in [3.63, 3.8) is 0 Å².